The lowest BCUT2D eigenvalue weighted by Gasteiger charge is -2.31. The summed E-state index contributed by atoms with van der Waals surface area (Å²) in [5.41, 5.74) is 0. The number of hydrogen-bond acceptors (Lipinski definition) is 2. The van der Waals surface area contributed by atoms with Gasteiger partial charge < -0.3 is 9.64 Å². The van der Waals surface area contributed by atoms with Gasteiger partial charge in [-0.1, -0.05) is 46.5 Å². The van der Waals surface area contributed by atoms with E-state index in [1.54, 1.807) is 0 Å². The van der Waals surface area contributed by atoms with Gasteiger partial charge in [0.15, 0.2) is 0 Å². The third kappa shape index (κ3) is 7.50. The zero-order valence-electron chi connectivity index (χ0n) is 18.3. The molecule has 1 aliphatic heterocycles. The van der Waals surface area contributed by atoms with Crippen LogP contribution in [0, 0.1) is 17.8 Å². The maximum atomic E-state index is 6.22. The third-order valence-electron chi connectivity index (χ3n) is 7.16. The molecule has 1 saturated carbocycles. The Kier molecular flexibility index (Phi) is 10.6. The van der Waals surface area contributed by atoms with Crippen LogP contribution in [0.2, 0.25) is 0 Å². The van der Waals surface area contributed by atoms with E-state index in [4.69, 9.17) is 4.74 Å². The van der Waals surface area contributed by atoms with Gasteiger partial charge >= 0.3 is 0 Å². The van der Waals surface area contributed by atoms with Gasteiger partial charge in [-0.15, -0.1) is 0 Å². The van der Waals surface area contributed by atoms with Crippen LogP contribution in [0.1, 0.15) is 105 Å². The molecule has 0 amide bonds. The van der Waals surface area contributed by atoms with Gasteiger partial charge in [-0.3, -0.25) is 0 Å². The molecule has 0 aromatic carbocycles. The molecule has 1 heterocycles. The van der Waals surface area contributed by atoms with E-state index in [9.17, 15) is 0 Å². The summed E-state index contributed by atoms with van der Waals surface area (Å²) in [5, 5.41) is 0. The molecule has 2 fully saturated rings. The van der Waals surface area contributed by atoms with Crippen molar-refractivity contribution in [2.24, 2.45) is 17.8 Å². The second-order valence-corrected chi connectivity index (χ2v) is 9.33. The topological polar surface area (TPSA) is 12.5 Å². The minimum atomic E-state index is 0.462. The lowest BCUT2D eigenvalue weighted by molar-refractivity contribution is -0.0321. The van der Waals surface area contributed by atoms with Crippen LogP contribution in [0.5, 0.6) is 0 Å². The van der Waals surface area contributed by atoms with Gasteiger partial charge in [-0.2, -0.15) is 0 Å². The first kappa shape index (κ1) is 22.2. The van der Waals surface area contributed by atoms with Crippen molar-refractivity contribution in [3.63, 3.8) is 0 Å². The SMILES string of the molecule is CCCC(C)O[C@H]1CC[C@H](CCCN2CCC(C(CC)CCC)C2)CC1. The van der Waals surface area contributed by atoms with E-state index in [-0.39, 0.29) is 0 Å². The smallest absolute Gasteiger partial charge is 0.0579 e. The summed E-state index contributed by atoms with van der Waals surface area (Å²) in [6.07, 6.45) is 17.4. The lowest BCUT2D eigenvalue weighted by atomic mass is 9.84. The molecule has 1 aliphatic carbocycles. The van der Waals surface area contributed by atoms with Crippen LogP contribution in [-0.4, -0.2) is 36.7 Å². The molecule has 3 atom stereocenters. The van der Waals surface area contributed by atoms with E-state index in [0.717, 1.165) is 17.8 Å². The monoisotopic (exact) mass is 365 g/mol. The van der Waals surface area contributed by atoms with Gasteiger partial charge in [0.1, 0.15) is 0 Å². The molecule has 1 saturated heterocycles. The van der Waals surface area contributed by atoms with E-state index in [1.165, 1.54) is 96.7 Å². The highest BCUT2D eigenvalue weighted by atomic mass is 16.5. The van der Waals surface area contributed by atoms with Crippen LogP contribution in [0.4, 0.5) is 0 Å². The molecule has 2 aliphatic rings. The first-order chi connectivity index (χ1) is 12.7. The fourth-order valence-corrected chi connectivity index (χ4v) is 5.56. The van der Waals surface area contributed by atoms with Gasteiger partial charge in [0.05, 0.1) is 12.2 Å². The molecule has 26 heavy (non-hydrogen) atoms. The van der Waals surface area contributed by atoms with E-state index < -0.39 is 0 Å². The van der Waals surface area contributed by atoms with Gasteiger partial charge in [-0.25, -0.2) is 0 Å². The highest BCUT2D eigenvalue weighted by molar-refractivity contribution is 4.81. The summed E-state index contributed by atoms with van der Waals surface area (Å²) >= 11 is 0. The predicted octanol–water partition coefficient (Wildman–Crippen LogP) is 6.68. The molecular formula is C24H47NO. The molecular weight excluding hydrogens is 318 g/mol. The van der Waals surface area contributed by atoms with Crippen molar-refractivity contribution < 1.29 is 4.74 Å². The molecule has 0 spiro atoms. The molecule has 0 aromatic rings. The van der Waals surface area contributed by atoms with Gasteiger partial charge in [0, 0.05) is 6.54 Å². The van der Waals surface area contributed by atoms with Gasteiger partial charge in [0.25, 0.3) is 0 Å². The summed E-state index contributed by atoms with van der Waals surface area (Å²) < 4.78 is 6.22. The lowest BCUT2D eigenvalue weighted by Crippen LogP contribution is -2.27. The number of nitrogens with zero attached hydrogens (tertiary/aromatic N) is 1. The molecule has 0 N–H and O–H groups in total. The average molecular weight is 366 g/mol. The molecule has 2 heteroatoms. The first-order valence-corrected chi connectivity index (χ1v) is 12.0. The van der Waals surface area contributed by atoms with Crippen LogP contribution < -0.4 is 0 Å². The normalized spacial score (nSPS) is 29.8. The summed E-state index contributed by atoms with van der Waals surface area (Å²) in [6.45, 7) is 13.3. The number of hydrogen-bond donors (Lipinski definition) is 0. The Balaban J connectivity index is 1.56. The van der Waals surface area contributed by atoms with Crippen LogP contribution in [0.25, 0.3) is 0 Å². The number of rotatable bonds is 12. The minimum absolute atomic E-state index is 0.462. The molecule has 0 bridgehead atoms. The quantitative estimate of drug-likeness (QED) is 0.382. The number of ether oxygens (including phenoxy) is 1. The van der Waals surface area contributed by atoms with E-state index in [2.05, 4.69) is 32.6 Å². The maximum Gasteiger partial charge on any atom is 0.0579 e. The zero-order chi connectivity index (χ0) is 18.8. The first-order valence-electron chi connectivity index (χ1n) is 12.0. The number of likely N-dealkylation sites (tertiary alicyclic amines) is 1. The minimum Gasteiger partial charge on any atom is -0.375 e. The van der Waals surface area contributed by atoms with Crippen molar-refractivity contribution in [3.05, 3.63) is 0 Å². The van der Waals surface area contributed by atoms with Crippen LogP contribution in [0.15, 0.2) is 0 Å². The molecule has 0 radical (unpaired) electrons. The highest BCUT2D eigenvalue weighted by Crippen LogP contribution is 2.32. The summed E-state index contributed by atoms with van der Waals surface area (Å²) in [5.74, 6) is 2.94. The van der Waals surface area contributed by atoms with Crippen molar-refractivity contribution in [2.75, 3.05) is 19.6 Å². The molecule has 0 aromatic heterocycles. The Bertz CT molecular complexity index is 350. The van der Waals surface area contributed by atoms with Crippen LogP contribution in [-0.2, 0) is 4.74 Å². The average Bonchev–Trinajstić information content (AvgIpc) is 3.10. The fourth-order valence-electron chi connectivity index (χ4n) is 5.56. The van der Waals surface area contributed by atoms with Crippen molar-refractivity contribution in [1.29, 1.82) is 0 Å². The largest absolute Gasteiger partial charge is 0.375 e. The maximum absolute atomic E-state index is 6.22. The zero-order valence-corrected chi connectivity index (χ0v) is 18.3. The van der Waals surface area contributed by atoms with Crippen molar-refractivity contribution >= 4 is 0 Å². The van der Waals surface area contributed by atoms with Gasteiger partial charge in [0.2, 0.25) is 0 Å². The standard InChI is InChI=1S/C24H47NO/c1-5-9-20(4)26-24-14-12-21(13-15-24)11-8-17-25-18-16-23(19-25)22(7-3)10-6-2/h20-24H,5-19H2,1-4H3/t20?,21-,22?,23?,24-. The Morgan fingerprint density at radius 3 is 2.35 bits per heavy atom. The Morgan fingerprint density at radius 2 is 1.69 bits per heavy atom. The van der Waals surface area contributed by atoms with Gasteiger partial charge in [-0.05, 0) is 89.1 Å². The fraction of sp³-hybridized carbons (Fsp3) is 1.00. The molecule has 154 valence electrons. The van der Waals surface area contributed by atoms with E-state index >= 15 is 0 Å². The van der Waals surface area contributed by atoms with Crippen LogP contribution in [0.3, 0.4) is 0 Å². The Labute approximate surface area is 164 Å². The van der Waals surface area contributed by atoms with Crippen molar-refractivity contribution in [3.8, 4) is 0 Å². The summed E-state index contributed by atoms with van der Waals surface area (Å²) in [7, 11) is 0. The second kappa shape index (κ2) is 12.4. The molecule has 3 unspecified atom stereocenters. The highest BCUT2D eigenvalue weighted by Gasteiger charge is 2.28. The summed E-state index contributed by atoms with van der Waals surface area (Å²) in [6, 6.07) is 0. The van der Waals surface area contributed by atoms with Crippen LogP contribution >= 0.6 is 0 Å². The third-order valence-corrected chi connectivity index (χ3v) is 7.16. The van der Waals surface area contributed by atoms with E-state index in [1.807, 2.05) is 0 Å². The Hall–Kier alpha value is -0.0800. The molecule has 2 nitrogen and oxygen atoms in total. The predicted molar refractivity (Wildman–Crippen MR) is 114 cm³/mol. The Morgan fingerprint density at radius 1 is 0.962 bits per heavy atom. The summed E-state index contributed by atoms with van der Waals surface area (Å²) in [4.78, 5) is 2.77. The van der Waals surface area contributed by atoms with Crippen molar-refractivity contribution in [2.45, 2.75) is 117 Å². The second-order valence-electron chi connectivity index (χ2n) is 9.33. The van der Waals surface area contributed by atoms with E-state index in [0.29, 0.717) is 12.2 Å². The molecule has 2 rings (SSSR count). The van der Waals surface area contributed by atoms with Crippen molar-refractivity contribution in [1.82, 2.24) is 4.90 Å².